The molecule has 13 heavy (non-hydrogen) atoms. The highest BCUT2D eigenvalue weighted by atomic mass is 79.9. The second kappa shape index (κ2) is 4.94. The number of terminal acetylenes is 1. The van der Waals surface area contributed by atoms with Crippen LogP contribution in [0.25, 0.3) is 0 Å². The van der Waals surface area contributed by atoms with E-state index in [9.17, 15) is 0 Å². The second-order valence-corrected chi connectivity index (χ2v) is 3.63. The maximum absolute atomic E-state index is 5.49. The molecule has 0 unspecified atom stereocenters. The number of hydrogen-bond donors (Lipinski definition) is 0. The average molecular weight is 239 g/mol. The van der Waals surface area contributed by atoms with Gasteiger partial charge in [-0.25, -0.2) is 0 Å². The van der Waals surface area contributed by atoms with Gasteiger partial charge in [-0.3, -0.25) is 0 Å². The standard InChI is InChI=1S/C11H11BrO/c1-3-4-7-13-11-8-10(12)6-5-9(11)2/h1,5-6,8H,4,7H2,2H3. The van der Waals surface area contributed by atoms with Crippen LogP contribution >= 0.6 is 15.9 Å². The number of hydrogen-bond acceptors (Lipinski definition) is 1. The highest BCUT2D eigenvalue weighted by molar-refractivity contribution is 9.10. The van der Waals surface area contributed by atoms with Gasteiger partial charge in [0.2, 0.25) is 0 Å². The molecular weight excluding hydrogens is 228 g/mol. The molecule has 0 N–H and O–H groups in total. The van der Waals surface area contributed by atoms with Crippen LogP contribution in [0.1, 0.15) is 12.0 Å². The van der Waals surface area contributed by atoms with Crippen LogP contribution in [0.2, 0.25) is 0 Å². The Bertz CT molecular complexity index is 325. The summed E-state index contributed by atoms with van der Waals surface area (Å²) < 4.78 is 6.51. The third-order valence-electron chi connectivity index (χ3n) is 1.65. The van der Waals surface area contributed by atoms with Crippen molar-refractivity contribution in [1.82, 2.24) is 0 Å². The molecule has 0 aliphatic rings. The van der Waals surface area contributed by atoms with E-state index in [-0.39, 0.29) is 0 Å². The minimum absolute atomic E-state index is 0.577. The van der Waals surface area contributed by atoms with E-state index >= 15 is 0 Å². The third kappa shape index (κ3) is 3.12. The fourth-order valence-corrected chi connectivity index (χ4v) is 1.29. The monoisotopic (exact) mass is 238 g/mol. The zero-order valence-corrected chi connectivity index (χ0v) is 9.10. The Morgan fingerprint density at radius 1 is 1.54 bits per heavy atom. The van der Waals surface area contributed by atoms with Crippen molar-refractivity contribution in [1.29, 1.82) is 0 Å². The second-order valence-electron chi connectivity index (χ2n) is 2.71. The summed E-state index contributed by atoms with van der Waals surface area (Å²) in [4.78, 5) is 0. The summed E-state index contributed by atoms with van der Waals surface area (Å²) in [5, 5.41) is 0. The van der Waals surface area contributed by atoms with Crippen molar-refractivity contribution in [3.05, 3.63) is 28.2 Å². The van der Waals surface area contributed by atoms with E-state index < -0.39 is 0 Å². The van der Waals surface area contributed by atoms with Crippen molar-refractivity contribution >= 4 is 15.9 Å². The summed E-state index contributed by atoms with van der Waals surface area (Å²) in [5.41, 5.74) is 1.13. The maximum atomic E-state index is 5.49. The quantitative estimate of drug-likeness (QED) is 0.581. The van der Waals surface area contributed by atoms with Crippen LogP contribution in [-0.4, -0.2) is 6.61 Å². The van der Waals surface area contributed by atoms with Crippen molar-refractivity contribution in [2.45, 2.75) is 13.3 Å². The van der Waals surface area contributed by atoms with E-state index in [0.29, 0.717) is 13.0 Å². The molecule has 2 heteroatoms. The number of rotatable bonds is 3. The Morgan fingerprint density at radius 2 is 2.31 bits per heavy atom. The minimum Gasteiger partial charge on any atom is -0.492 e. The molecule has 0 aliphatic carbocycles. The van der Waals surface area contributed by atoms with E-state index in [1.807, 2.05) is 25.1 Å². The Balaban J connectivity index is 2.65. The topological polar surface area (TPSA) is 9.23 Å². The SMILES string of the molecule is C#CCCOc1cc(Br)ccc1C. The van der Waals surface area contributed by atoms with Crippen LogP contribution in [0.15, 0.2) is 22.7 Å². The molecule has 0 saturated heterocycles. The van der Waals surface area contributed by atoms with Gasteiger partial charge in [0.1, 0.15) is 5.75 Å². The van der Waals surface area contributed by atoms with Gasteiger partial charge in [0, 0.05) is 10.9 Å². The normalized spacial score (nSPS) is 9.31. The van der Waals surface area contributed by atoms with E-state index in [4.69, 9.17) is 11.2 Å². The smallest absolute Gasteiger partial charge is 0.123 e. The molecule has 0 bridgehead atoms. The number of aryl methyl sites for hydroxylation is 1. The predicted molar refractivity (Wildman–Crippen MR) is 57.8 cm³/mol. The van der Waals surface area contributed by atoms with Crippen molar-refractivity contribution in [3.63, 3.8) is 0 Å². The predicted octanol–water partition coefficient (Wildman–Crippen LogP) is 3.16. The summed E-state index contributed by atoms with van der Waals surface area (Å²) in [6.07, 6.45) is 5.77. The van der Waals surface area contributed by atoms with E-state index in [1.54, 1.807) is 0 Å². The lowest BCUT2D eigenvalue weighted by Crippen LogP contribution is -1.97. The fraction of sp³-hybridized carbons (Fsp3) is 0.273. The van der Waals surface area contributed by atoms with Crippen LogP contribution in [-0.2, 0) is 0 Å². The first-order valence-electron chi connectivity index (χ1n) is 4.06. The zero-order chi connectivity index (χ0) is 9.68. The first-order valence-corrected chi connectivity index (χ1v) is 4.86. The lowest BCUT2D eigenvalue weighted by Gasteiger charge is -2.07. The van der Waals surface area contributed by atoms with E-state index in [1.165, 1.54) is 0 Å². The van der Waals surface area contributed by atoms with Crippen LogP contribution < -0.4 is 4.74 Å². The van der Waals surface area contributed by atoms with Crippen molar-refractivity contribution in [2.75, 3.05) is 6.61 Å². The summed E-state index contributed by atoms with van der Waals surface area (Å²) in [6.45, 7) is 2.59. The molecule has 1 rings (SSSR count). The lowest BCUT2D eigenvalue weighted by molar-refractivity contribution is 0.325. The Morgan fingerprint density at radius 3 is 3.00 bits per heavy atom. The van der Waals surface area contributed by atoms with Crippen LogP contribution in [0.4, 0.5) is 0 Å². The molecule has 1 aromatic rings. The van der Waals surface area contributed by atoms with Gasteiger partial charge >= 0.3 is 0 Å². The highest BCUT2D eigenvalue weighted by Gasteiger charge is 1.98. The molecule has 0 spiro atoms. The molecule has 0 amide bonds. The fourth-order valence-electron chi connectivity index (χ4n) is 0.949. The first kappa shape index (κ1) is 10.1. The van der Waals surface area contributed by atoms with Gasteiger partial charge in [0.05, 0.1) is 6.61 Å². The molecular formula is C11H11BrO. The average Bonchev–Trinajstić information content (AvgIpc) is 2.11. The number of halogens is 1. The third-order valence-corrected chi connectivity index (χ3v) is 2.15. The lowest BCUT2D eigenvalue weighted by atomic mass is 10.2. The van der Waals surface area contributed by atoms with E-state index in [2.05, 4.69) is 21.9 Å². The zero-order valence-electron chi connectivity index (χ0n) is 7.51. The molecule has 0 radical (unpaired) electrons. The first-order chi connectivity index (χ1) is 6.24. The van der Waals surface area contributed by atoms with E-state index in [0.717, 1.165) is 15.8 Å². The molecule has 1 aromatic carbocycles. The molecule has 68 valence electrons. The molecule has 0 saturated carbocycles. The molecule has 0 fully saturated rings. The Hall–Kier alpha value is -0.940. The van der Waals surface area contributed by atoms with Gasteiger partial charge in [0.15, 0.2) is 0 Å². The Labute approximate surface area is 87.2 Å². The van der Waals surface area contributed by atoms with Crippen molar-refractivity contribution in [3.8, 4) is 18.1 Å². The minimum atomic E-state index is 0.577. The molecule has 0 heterocycles. The maximum Gasteiger partial charge on any atom is 0.123 e. The van der Waals surface area contributed by atoms with Gasteiger partial charge in [-0.1, -0.05) is 22.0 Å². The van der Waals surface area contributed by atoms with Gasteiger partial charge < -0.3 is 4.74 Å². The summed E-state index contributed by atoms with van der Waals surface area (Å²) in [6, 6.07) is 5.95. The Kier molecular flexibility index (Phi) is 3.85. The molecule has 0 aliphatic heterocycles. The molecule has 0 atom stereocenters. The van der Waals surface area contributed by atoms with Crippen LogP contribution in [0.5, 0.6) is 5.75 Å². The van der Waals surface area contributed by atoms with Gasteiger partial charge in [-0.05, 0) is 24.6 Å². The van der Waals surface area contributed by atoms with Crippen molar-refractivity contribution in [2.24, 2.45) is 0 Å². The summed E-state index contributed by atoms with van der Waals surface area (Å²) in [5.74, 6) is 3.43. The molecule has 0 aromatic heterocycles. The summed E-state index contributed by atoms with van der Waals surface area (Å²) >= 11 is 3.38. The largest absolute Gasteiger partial charge is 0.492 e. The number of ether oxygens (including phenoxy) is 1. The highest BCUT2D eigenvalue weighted by Crippen LogP contribution is 2.22. The number of benzene rings is 1. The van der Waals surface area contributed by atoms with Crippen LogP contribution in [0, 0.1) is 19.3 Å². The molecule has 1 nitrogen and oxygen atoms in total. The summed E-state index contributed by atoms with van der Waals surface area (Å²) in [7, 11) is 0. The van der Waals surface area contributed by atoms with Crippen molar-refractivity contribution < 1.29 is 4.74 Å². The van der Waals surface area contributed by atoms with Crippen LogP contribution in [0.3, 0.4) is 0 Å². The van der Waals surface area contributed by atoms with Gasteiger partial charge in [-0.15, -0.1) is 12.3 Å². The van der Waals surface area contributed by atoms with Gasteiger partial charge in [0.25, 0.3) is 0 Å². The van der Waals surface area contributed by atoms with Gasteiger partial charge in [-0.2, -0.15) is 0 Å².